The minimum absolute atomic E-state index is 0.129. The molecular formula is C32H33N3O5S. The number of rotatable bonds is 9. The third kappa shape index (κ3) is 6.63. The maximum absolute atomic E-state index is 13.8. The lowest BCUT2D eigenvalue weighted by Crippen LogP contribution is -2.52. The zero-order valence-corrected chi connectivity index (χ0v) is 24.0. The Balaban J connectivity index is 1.33. The van der Waals surface area contributed by atoms with Gasteiger partial charge in [-0.05, 0) is 79.7 Å². The van der Waals surface area contributed by atoms with Gasteiger partial charge in [0.15, 0.2) is 0 Å². The first kappa shape index (κ1) is 28.0. The van der Waals surface area contributed by atoms with Gasteiger partial charge in [0.2, 0.25) is 5.91 Å². The van der Waals surface area contributed by atoms with E-state index in [0.29, 0.717) is 43.4 Å². The van der Waals surface area contributed by atoms with Gasteiger partial charge in [-0.3, -0.25) is 9.10 Å². The zero-order valence-electron chi connectivity index (χ0n) is 23.1. The van der Waals surface area contributed by atoms with E-state index in [1.165, 1.54) is 4.31 Å². The SMILES string of the molecule is COc1ccc(N2CCN(C(=O)CN(c3ccc(Oc4ccccc4)cc3)S(=O)(=O)c3ccc(C)cc3)CC2)cc1. The van der Waals surface area contributed by atoms with Crippen LogP contribution in [0.5, 0.6) is 17.2 Å². The molecule has 1 aliphatic heterocycles. The predicted octanol–water partition coefficient (Wildman–Crippen LogP) is 5.34. The van der Waals surface area contributed by atoms with Gasteiger partial charge >= 0.3 is 0 Å². The minimum atomic E-state index is -4.01. The van der Waals surface area contributed by atoms with Crippen molar-refractivity contribution in [2.24, 2.45) is 0 Å². The molecule has 0 unspecified atom stereocenters. The number of carbonyl (C=O) groups is 1. The largest absolute Gasteiger partial charge is 0.497 e. The van der Waals surface area contributed by atoms with E-state index in [9.17, 15) is 13.2 Å². The molecule has 212 valence electrons. The van der Waals surface area contributed by atoms with E-state index in [-0.39, 0.29) is 17.3 Å². The quantitative estimate of drug-likeness (QED) is 0.270. The molecule has 1 fully saturated rings. The van der Waals surface area contributed by atoms with Gasteiger partial charge < -0.3 is 19.3 Å². The van der Waals surface area contributed by atoms with Crippen molar-refractivity contribution < 1.29 is 22.7 Å². The highest BCUT2D eigenvalue weighted by molar-refractivity contribution is 7.92. The van der Waals surface area contributed by atoms with E-state index in [1.54, 1.807) is 60.5 Å². The Kier molecular flexibility index (Phi) is 8.45. The summed E-state index contributed by atoms with van der Waals surface area (Å²) in [5, 5.41) is 0. The average Bonchev–Trinajstić information content (AvgIpc) is 3.01. The summed E-state index contributed by atoms with van der Waals surface area (Å²) in [7, 11) is -2.38. The number of aryl methyl sites for hydroxylation is 1. The van der Waals surface area contributed by atoms with Crippen LogP contribution in [-0.2, 0) is 14.8 Å². The number of anilines is 2. The molecule has 0 radical (unpaired) electrons. The molecule has 8 nitrogen and oxygen atoms in total. The van der Waals surface area contributed by atoms with Crippen LogP contribution in [0.4, 0.5) is 11.4 Å². The number of hydrogen-bond donors (Lipinski definition) is 0. The molecule has 0 saturated carbocycles. The first-order valence-electron chi connectivity index (χ1n) is 13.4. The summed E-state index contributed by atoms with van der Waals surface area (Å²) in [5.41, 5.74) is 2.39. The van der Waals surface area contributed by atoms with Crippen molar-refractivity contribution in [3.05, 3.63) is 109 Å². The molecule has 1 amide bonds. The third-order valence-corrected chi connectivity index (χ3v) is 8.85. The van der Waals surface area contributed by atoms with Crippen molar-refractivity contribution in [1.82, 2.24) is 4.90 Å². The van der Waals surface area contributed by atoms with Gasteiger partial charge in [-0.2, -0.15) is 0 Å². The number of nitrogens with zero attached hydrogens (tertiary/aromatic N) is 3. The molecule has 0 atom stereocenters. The van der Waals surface area contributed by atoms with Crippen molar-refractivity contribution in [1.29, 1.82) is 0 Å². The first-order chi connectivity index (χ1) is 19.8. The fourth-order valence-corrected chi connectivity index (χ4v) is 6.10. The highest BCUT2D eigenvalue weighted by atomic mass is 32.2. The normalized spacial score (nSPS) is 13.5. The number of hydrogen-bond acceptors (Lipinski definition) is 6. The van der Waals surface area contributed by atoms with Gasteiger partial charge in [-0.1, -0.05) is 35.9 Å². The standard InChI is InChI=1S/C32H33N3O5S/c1-25-8-18-31(19-9-25)41(37,38)35(27-12-16-30(17-13-27)40-29-6-4-3-5-7-29)24-32(36)34-22-20-33(21-23-34)26-10-14-28(39-2)15-11-26/h3-19H,20-24H2,1-2H3. The van der Waals surface area contributed by atoms with Gasteiger partial charge in [0.05, 0.1) is 17.7 Å². The molecule has 0 bridgehead atoms. The van der Waals surface area contributed by atoms with E-state index in [4.69, 9.17) is 9.47 Å². The molecule has 5 rings (SSSR count). The van der Waals surface area contributed by atoms with Crippen LogP contribution in [0.25, 0.3) is 0 Å². The Morgan fingerprint density at radius 2 is 1.34 bits per heavy atom. The second-order valence-corrected chi connectivity index (χ2v) is 11.7. The van der Waals surface area contributed by atoms with E-state index in [0.717, 1.165) is 17.0 Å². The lowest BCUT2D eigenvalue weighted by Gasteiger charge is -2.37. The summed E-state index contributed by atoms with van der Waals surface area (Å²) in [4.78, 5) is 17.6. The van der Waals surface area contributed by atoms with Crippen molar-refractivity contribution in [2.45, 2.75) is 11.8 Å². The number of ether oxygens (including phenoxy) is 2. The van der Waals surface area contributed by atoms with E-state index >= 15 is 0 Å². The van der Waals surface area contributed by atoms with Gasteiger partial charge in [-0.25, -0.2) is 8.42 Å². The summed E-state index contributed by atoms with van der Waals surface area (Å²) < 4.78 is 40.0. The van der Waals surface area contributed by atoms with E-state index in [2.05, 4.69) is 4.90 Å². The van der Waals surface area contributed by atoms with Gasteiger partial charge in [0.1, 0.15) is 23.8 Å². The molecule has 0 aromatic heterocycles. The van der Waals surface area contributed by atoms with Crippen LogP contribution in [0.3, 0.4) is 0 Å². The molecule has 0 N–H and O–H groups in total. The number of carbonyl (C=O) groups excluding carboxylic acids is 1. The first-order valence-corrected chi connectivity index (χ1v) is 14.9. The third-order valence-electron chi connectivity index (χ3n) is 7.06. The van der Waals surface area contributed by atoms with Gasteiger partial charge in [-0.15, -0.1) is 0 Å². The molecule has 4 aromatic rings. The predicted molar refractivity (Wildman–Crippen MR) is 160 cm³/mol. The Bertz CT molecular complexity index is 1550. The maximum atomic E-state index is 13.8. The fraction of sp³-hybridized carbons (Fsp3) is 0.219. The molecular weight excluding hydrogens is 538 g/mol. The van der Waals surface area contributed by atoms with Crippen LogP contribution < -0.4 is 18.7 Å². The number of amides is 1. The van der Waals surface area contributed by atoms with Crippen LogP contribution in [0, 0.1) is 6.92 Å². The number of benzene rings is 4. The molecule has 1 heterocycles. The topological polar surface area (TPSA) is 79.4 Å². The van der Waals surface area contributed by atoms with Gasteiger partial charge in [0, 0.05) is 31.9 Å². The highest BCUT2D eigenvalue weighted by Crippen LogP contribution is 2.29. The van der Waals surface area contributed by atoms with Crippen LogP contribution in [0.1, 0.15) is 5.56 Å². The number of methoxy groups -OCH3 is 1. The monoisotopic (exact) mass is 571 g/mol. The minimum Gasteiger partial charge on any atom is -0.497 e. The summed E-state index contributed by atoms with van der Waals surface area (Å²) in [6.45, 7) is 3.87. The Hall–Kier alpha value is -4.50. The van der Waals surface area contributed by atoms with Crippen LogP contribution >= 0.6 is 0 Å². The Morgan fingerprint density at radius 3 is 1.95 bits per heavy atom. The van der Waals surface area contributed by atoms with Crippen LogP contribution in [-0.4, -0.2) is 59.1 Å². The van der Waals surface area contributed by atoms with Crippen LogP contribution in [0.2, 0.25) is 0 Å². The number of para-hydroxylation sites is 1. The number of piperazine rings is 1. The summed E-state index contributed by atoms with van der Waals surface area (Å²) >= 11 is 0. The van der Waals surface area contributed by atoms with Crippen molar-refractivity contribution in [3.63, 3.8) is 0 Å². The molecule has 0 aliphatic carbocycles. The second kappa shape index (κ2) is 12.3. The van der Waals surface area contributed by atoms with Crippen LogP contribution in [0.15, 0.2) is 108 Å². The molecule has 1 aliphatic rings. The molecule has 41 heavy (non-hydrogen) atoms. The highest BCUT2D eigenvalue weighted by Gasteiger charge is 2.30. The summed E-state index contributed by atoms with van der Waals surface area (Å²) in [6, 6.07) is 30.6. The Labute approximate surface area is 241 Å². The van der Waals surface area contributed by atoms with Gasteiger partial charge in [0.25, 0.3) is 10.0 Å². The number of sulfonamides is 1. The van der Waals surface area contributed by atoms with E-state index < -0.39 is 10.0 Å². The van der Waals surface area contributed by atoms with Crippen molar-refractivity contribution in [2.75, 3.05) is 49.0 Å². The smallest absolute Gasteiger partial charge is 0.264 e. The molecule has 1 saturated heterocycles. The summed E-state index contributed by atoms with van der Waals surface area (Å²) in [5.74, 6) is 1.78. The lowest BCUT2D eigenvalue weighted by molar-refractivity contribution is -0.129. The lowest BCUT2D eigenvalue weighted by atomic mass is 10.2. The Morgan fingerprint density at radius 1 is 0.756 bits per heavy atom. The molecule has 4 aromatic carbocycles. The van der Waals surface area contributed by atoms with Crippen molar-refractivity contribution in [3.8, 4) is 17.2 Å². The molecule has 0 spiro atoms. The summed E-state index contributed by atoms with van der Waals surface area (Å²) in [6.07, 6.45) is 0. The molecule has 9 heteroatoms. The maximum Gasteiger partial charge on any atom is 0.264 e. The fourth-order valence-electron chi connectivity index (χ4n) is 4.69. The van der Waals surface area contributed by atoms with E-state index in [1.807, 2.05) is 61.5 Å². The zero-order chi connectivity index (χ0) is 28.8. The van der Waals surface area contributed by atoms with Crippen molar-refractivity contribution >= 4 is 27.3 Å². The average molecular weight is 572 g/mol. The second-order valence-electron chi connectivity index (χ2n) is 9.80.